The number of methoxy groups -OCH3 is 1. The van der Waals surface area contributed by atoms with Crippen LogP contribution in [0.5, 0.6) is 0 Å². The number of aliphatic hydroxyl groups is 4. The highest BCUT2D eigenvalue weighted by molar-refractivity contribution is 6.40. The van der Waals surface area contributed by atoms with Gasteiger partial charge in [-0.15, -0.1) is 23.2 Å². The van der Waals surface area contributed by atoms with Crippen molar-refractivity contribution in [3.63, 3.8) is 0 Å². The maximum atomic E-state index is 13.5. The first-order chi connectivity index (χ1) is 56.4. The lowest BCUT2D eigenvalue weighted by atomic mass is 9.75. The molecule has 7 unspecified atom stereocenters. The minimum atomic E-state index is -1.05. The van der Waals surface area contributed by atoms with Crippen LogP contribution >= 0.6 is 23.2 Å². The molecule has 24 heteroatoms. The van der Waals surface area contributed by atoms with Crippen molar-refractivity contribution in [2.75, 3.05) is 45.3 Å². The number of carbonyl (C=O) groups is 7. The molecule has 0 spiro atoms. The van der Waals surface area contributed by atoms with Gasteiger partial charge in [-0.05, 0) is 196 Å². The quantitative estimate of drug-likeness (QED) is 0.0292. The van der Waals surface area contributed by atoms with Crippen LogP contribution in [0.1, 0.15) is 332 Å². The van der Waals surface area contributed by atoms with E-state index in [0.717, 1.165) is 111 Å². The van der Waals surface area contributed by atoms with Crippen LogP contribution in [0.4, 0.5) is 14.4 Å². The Morgan fingerprint density at radius 3 is 1.00 bits per heavy atom. The highest BCUT2D eigenvalue weighted by Crippen LogP contribution is 2.42. The lowest BCUT2D eigenvalue weighted by Crippen LogP contribution is -2.57. The summed E-state index contributed by atoms with van der Waals surface area (Å²) in [5, 5.41) is 56.5. The van der Waals surface area contributed by atoms with E-state index in [1.165, 1.54) is 158 Å². The predicted octanol–water partition coefficient (Wildman–Crippen LogP) is 19.5. The average molecular weight is 1730 g/mol. The van der Waals surface area contributed by atoms with Gasteiger partial charge in [0, 0.05) is 25.6 Å². The standard InChI is InChI=1S/C29H46N2O5.C25H39NO3.C21H37NO4.C20H35NO4.CH2Cl2.H2O/c1-20-10-12-21(13-11-20)14-15-22-16-17-31(28(35)36-29(2,3)4)25(18-22)27(34)30-24(19-32)26(33)23-8-6-5-7-9-23;1-18-10-12-19(13-11-18)14-15-20-6-5-9-22(16-20)25(29)26-23(17-27)24(28)21-7-3-2-4-8-21;1-15-6-8-16(9-7-15)10-11-17-12-13-22(18(14-17)19(23)25-5)20(24)26-21(2,3)4;1-14-5-7-15(8-6-14)9-10-16-11-12-21(17(13-16)18(22)23)19(24)25-20(2,3)4;2-1-3;/h5-9,20-22,24-26,32-33H,10-19H2,1-4H3,(H,30,34);2-4,7-8,18-20,22-24,27-28H,5-6,9-17H2,1H3,(H,26,29);15-18H,6-14H2,1-5H3;14-17H,5-13H2,1-4H3,(H,22,23);1H2;1H2/t20?,21?,22?,24-,25?,26-;18?,19?,20-,22?,23+,24+;;;;/m01..../s1. The van der Waals surface area contributed by atoms with Gasteiger partial charge in [-0.3, -0.25) is 24.3 Å². The fourth-order valence-electron chi connectivity index (χ4n) is 19.3. The molecule has 9 N–H and O–H groups in total. The summed E-state index contributed by atoms with van der Waals surface area (Å²) in [6.45, 7) is 26.6. The molecule has 5 amide bonds. The van der Waals surface area contributed by atoms with Crippen LogP contribution in [-0.4, -0.2) is 180 Å². The van der Waals surface area contributed by atoms with Crippen molar-refractivity contribution in [1.82, 2.24) is 25.3 Å². The van der Waals surface area contributed by atoms with Crippen LogP contribution in [-0.2, 0) is 38.1 Å². The molecule has 3 aliphatic heterocycles. The summed E-state index contributed by atoms with van der Waals surface area (Å²) in [6.07, 6.45) is 36.2. The fourth-order valence-corrected chi connectivity index (χ4v) is 19.3. The molecule has 3 heterocycles. The Kier molecular flexibility index (Phi) is 46.5. The van der Waals surface area contributed by atoms with E-state index in [9.17, 15) is 59.1 Å². The minimum absolute atomic E-state index is 0. The number of benzene rings is 2. The Morgan fingerprint density at radius 2 is 0.692 bits per heavy atom. The summed E-state index contributed by atoms with van der Waals surface area (Å²) >= 11 is 9.53. The highest BCUT2D eigenvalue weighted by Gasteiger charge is 2.44. The van der Waals surface area contributed by atoms with Crippen LogP contribution in [0.3, 0.4) is 0 Å². The molecule has 8 fully saturated rings. The lowest BCUT2D eigenvalue weighted by Gasteiger charge is -2.40. The number of aliphatic hydroxyl groups excluding tert-OH is 4. The topological polar surface area (TPSA) is 323 Å². The second-order valence-corrected chi connectivity index (χ2v) is 40.9. The third-order valence-electron chi connectivity index (χ3n) is 26.8. The van der Waals surface area contributed by atoms with Crippen molar-refractivity contribution in [3.05, 3.63) is 71.8 Å². The van der Waals surface area contributed by atoms with Crippen molar-refractivity contribution in [2.24, 2.45) is 76.9 Å². The second-order valence-electron chi connectivity index (χ2n) is 40.1. The maximum Gasteiger partial charge on any atom is 0.411 e. The lowest BCUT2D eigenvalue weighted by molar-refractivity contribution is -0.149. The largest absolute Gasteiger partial charge is 0.480 e. The number of rotatable bonds is 24. The predicted molar refractivity (Wildman–Crippen MR) is 476 cm³/mol. The Bertz CT molecular complexity index is 3250. The molecule has 10 rings (SSSR count). The van der Waals surface area contributed by atoms with Crippen molar-refractivity contribution in [3.8, 4) is 0 Å². The first-order valence-electron chi connectivity index (χ1n) is 46.1. The number of carboxylic acids is 1. The van der Waals surface area contributed by atoms with E-state index in [0.29, 0.717) is 68.1 Å². The Balaban J connectivity index is 0.000000283. The van der Waals surface area contributed by atoms with E-state index in [4.69, 9.17) is 42.1 Å². The summed E-state index contributed by atoms with van der Waals surface area (Å²) in [7, 11) is 1.39. The molecule has 5 saturated carbocycles. The Labute approximate surface area is 731 Å². The zero-order valence-electron chi connectivity index (χ0n) is 75.9. The molecule has 3 saturated heterocycles. The van der Waals surface area contributed by atoms with Crippen LogP contribution in [0.15, 0.2) is 60.7 Å². The molecule has 0 bridgehead atoms. The SMILES string of the molecule is CC1CCC(CCC2CCN(C(=O)OC(C)(C)C)C(C(=O)N[C@@H](CO)[C@@H](O)c3ccccc3)C2)CC1.CC1CCC(CCC2CCN(C(=O)OC(C)(C)C)C(C(=O)O)C2)CC1.CC1CCC(CC[C@H]2CCCC(C(=O)N[C@@H](CO)[C@@H](O)c3ccccc3)C2)CC1.COC(=O)C1CC(CCC2CCC(C)CC2)CCN1C(=O)OC(C)(C)C.ClCCl.O. The molecule has 2 aromatic carbocycles. The number of nitrogens with one attached hydrogen (secondary N) is 2. The van der Waals surface area contributed by atoms with Crippen molar-refractivity contribution < 1.29 is 83.5 Å². The number of ether oxygens (including phenoxy) is 4. The summed E-state index contributed by atoms with van der Waals surface area (Å²) in [4.78, 5) is 92.6. The summed E-state index contributed by atoms with van der Waals surface area (Å²) in [5.74, 6) is 7.07. The number of piperidine rings is 3. The number of esters is 1. The third-order valence-corrected chi connectivity index (χ3v) is 26.8. The van der Waals surface area contributed by atoms with Gasteiger partial charge in [-0.1, -0.05) is 255 Å². The Hall–Kier alpha value is -5.49. The van der Waals surface area contributed by atoms with E-state index < -0.39 is 90.1 Å². The zero-order valence-corrected chi connectivity index (χ0v) is 77.4. The number of hydrogen-bond donors (Lipinski definition) is 7. The number of likely N-dealkylation sites (tertiary alicyclic amines) is 3. The number of nitrogens with zero attached hydrogens (tertiary/aromatic N) is 3. The Morgan fingerprint density at radius 1 is 0.408 bits per heavy atom. The first-order valence-corrected chi connectivity index (χ1v) is 47.2. The van der Waals surface area contributed by atoms with Gasteiger partial charge in [0.25, 0.3) is 0 Å². The van der Waals surface area contributed by atoms with Crippen molar-refractivity contribution >= 4 is 65.2 Å². The number of halogens is 2. The third kappa shape index (κ3) is 37.7. The molecule has 686 valence electrons. The number of aliphatic carboxylic acids is 1. The minimum Gasteiger partial charge on any atom is -0.480 e. The molecule has 0 aromatic heterocycles. The van der Waals surface area contributed by atoms with E-state index in [1.807, 2.05) is 77.9 Å². The number of carbonyl (C=O) groups excluding carboxylic acids is 6. The summed E-state index contributed by atoms with van der Waals surface area (Å²) in [6, 6.07) is 14.7. The average Bonchev–Trinajstić information content (AvgIpc) is 0.840. The molecule has 12 atom stereocenters. The van der Waals surface area contributed by atoms with Crippen molar-refractivity contribution in [1.29, 1.82) is 0 Å². The molecule has 22 nitrogen and oxygen atoms in total. The van der Waals surface area contributed by atoms with Gasteiger partial charge in [-0.25, -0.2) is 24.0 Å². The molecule has 8 aliphatic rings. The molecule has 2 aromatic rings. The van der Waals surface area contributed by atoms with Crippen LogP contribution in [0, 0.1) is 76.9 Å². The van der Waals surface area contributed by atoms with Crippen LogP contribution in [0.2, 0.25) is 0 Å². The van der Waals surface area contributed by atoms with E-state index in [2.05, 4.69) is 38.3 Å². The normalized spacial score (nSPS) is 28.2. The first kappa shape index (κ1) is 105. The molecule has 0 radical (unpaired) electrons. The summed E-state index contributed by atoms with van der Waals surface area (Å²) < 4.78 is 21.4. The smallest absolute Gasteiger partial charge is 0.411 e. The monoisotopic (exact) mass is 1730 g/mol. The van der Waals surface area contributed by atoms with Gasteiger partial charge in [0.1, 0.15) is 47.1 Å². The van der Waals surface area contributed by atoms with E-state index >= 15 is 0 Å². The van der Waals surface area contributed by atoms with Crippen LogP contribution in [0.25, 0.3) is 0 Å². The van der Waals surface area contributed by atoms with E-state index in [-0.39, 0.29) is 41.1 Å². The van der Waals surface area contributed by atoms with Gasteiger partial charge in [-0.2, -0.15) is 0 Å². The number of amides is 5. The molecule has 5 aliphatic carbocycles. The number of carboxylic acid groups (broad SMARTS) is 1. The summed E-state index contributed by atoms with van der Waals surface area (Å²) in [5.41, 5.74) is -0.495. The zero-order chi connectivity index (χ0) is 87.6. The van der Waals surface area contributed by atoms with E-state index in [1.54, 1.807) is 49.9 Å². The van der Waals surface area contributed by atoms with Crippen molar-refractivity contribution in [2.45, 2.75) is 368 Å². The van der Waals surface area contributed by atoms with Gasteiger partial charge < -0.3 is 60.6 Å². The molecular formula is C96H161Cl2N5O17. The maximum absolute atomic E-state index is 13.5. The second kappa shape index (κ2) is 53.1. The van der Waals surface area contributed by atoms with Gasteiger partial charge in [0.15, 0.2) is 0 Å². The molecule has 120 heavy (non-hydrogen) atoms. The number of alkyl halides is 2. The fraction of sp³-hybridized carbons (Fsp3) is 0.802. The van der Waals surface area contributed by atoms with Gasteiger partial charge >= 0.3 is 30.2 Å². The van der Waals surface area contributed by atoms with Gasteiger partial charge in [0.05, 0.1) is 37.7 Å². The van der Waals surface area contributed by atoms with Gasteiger partial charge in [0.2, 0.25) is 11.8 Å². The number of hydrogen-bond acceptors (Lipinski definition) is 15. The van der Waals surface area contributed by atoms with Crippen LogP contribution < -0.4 is 10.6 Å². The molecular weight excluding hydrogens is 1570 g/mol. The highest BCUT2D eigenvalue weighted by atomic mass is 35.5.